The molecule has 24 heavy (non-hydrogen) atoms. The molecule has 0 spiro atoms. The molecule has 124 valence electrons. The van der Waals surface area contributed by atoms with Gasteiger partial charge in [0.15, 0.2) is 0 Å². The van der Waals surface area contributed by atoms with Crippen LogP contribution in [0.3, 0.4) is 0 Å². The number of carbonyl (C=O) groups excluding carboxylic acids is 1. The van der Waals surface area contributed by atoms with Crippen LogP contribution in [0.4, 0.5) is 0 Å². The third-order valence-corrected chi connectivity index (χ3v) is 4.62. The average Bonchev–Trinajstić information content (AvgIpc) is 2.63. The highest BCUT2D eigenvalue weighted by atomic mass is 16.2. The third-order valence-electron chi connectivity index (χ3n) is 4.62. The molecule has 0 aliphatic carbocycles. The van der Waals surface area contributed by atoms with Crippen LogP contribution < -0.4 is 5.56 Å². The van der Waals surface area contributed by atoms with E-state index in [0.717, 1.165) is 37.1 Å². The fourth-order valence-corrected chi connectivity index (χ4v) is 3.09. The lowest BCUT2D eigenvalue weighted by Crippen LogP contribution is -2.37. The zero-order valence-corrected chi connectivity index (χ0v) is 13.9. The highest BCUT2D eigenvalue weighted by Gasteiger charge is 2.22. The summed E-state index contributed by atoms with van der Waals surface area (Å²) in [6, 6.07) is 13.6. The first kappa shape index (κ1) is 16.2. The van der Waals surface area contributed by atoms with Crippen LogP contribution in [0.1, 0.15) is 29.9 Å². The van der Waals surface area contributed by atoms with E-state index < -0.39 is 0 Å². The molecule has 0 atom stereocenters. The Labute approximate surface area is 142 Å². The first-order valence-corrected chi connectivity index (χ1v) is 8.32. The molecule has 1 aromatic heterocycles. The van der Waals surface area contributed by atoms with E-state index in [2.05, 4.69) is 0 Å². The van der Waals surface area contributed by atoms with Gasteiger partial charge in [-0.25, -0.2) is 0 Å². The molecule has 0 N–H and O–H groups in total. The van der Waals surface area contributed by atoms with Gasteiger partial charge in [-0.15, -0.1) is 0 Å². The van der Waals surface area contributed by atoms with Crippen molar-refractivity contribution < 1.29 is 4.79 Å². The van der Waals surface area contributed by atoms with Gasteiger partial charge >= 0.3 is 0 Å². The van der Waals surface area contributed by atoms with E-state index in [1.165, 1.54) is 0 Å². The number of pyridine rings is 1. The second kappa shape index (κ2) is 7.30. The van der Waals surface area contributed by atoms with Crippen molar-refractivity contribution in [2.75, 3.05) is 13.1 Å². The van der Waals surface area contributed by atoms with Crippen molar-refractivity contribution >= 4 is 12.0 Å². The molecule has 0 saturated carbocycles. The second-order valence-corrected chi connectivity index (χ2v) is 6.25. The zero-order valence-electron chi connectivity index (χ0n) is 13.9. The van der Waals surface area contributed by atoms with E-state index in [0.29, 0.717) is 5.92 Å². The van der Waals surface area contributed by atoms with Crippen molar-refractivity contribution in [2.45, 2.75) is 18.8 Å². The van der Waals surface area contributed by atoms with Crippen molar-refractivity contribution in [1.29, 1.82) is 0 Å². The summed E-state index contributed by atoms with van der Waals surface area (Å²) in [4.78, 5) is 25.9. The van der Waals surface area contributed by atoms with Crippen LogP contribution in [0, 0.1) is 0 Å². The fourth-order valence-electron chi connectivity index (χ4n) is 3.09. The van der Waals surface area contributed by atoms with Gasteiger partial charge < -0.3 is 9.47 Å². The van der Waals surface area contributed by atoms with E-state index >= 15 is 0 Å². The Kier molecular flexibility index (Phi) is 4.94. The minimum atomic E-state index is 0.0248. The molecule has 4 nitrogen and oxygen atoms in total. The van der Waals surface area contributed by atoms with Crippen LogP contribution in [0.15, 0.2) is 59.5 Å². The summed E-state index contributed by atoms with van der Waals surface area (Å²) in [5, 5.41) is 0. The molecule has 1 aromatic carbocycles. The molecular weight excluding hydrogens is 300 g/mol. The Hall–Kier alpha value is -2.62. The molecule has 0 unspecified atom stereocenters. The summed E-state index contributed by atoms with van der Waals surface area (Å²) in [5.74, 6) is 0.419. The Bertz CT molecular complexity index is 785. The quantitative estimate of drug-likeness (QED) is 0.816. The smallest absolute Gasteiger partial charge is 0.250 e. The van der Waals surface area contributed by atoms with Gasteiger partial charge in [0.1, 0.15) is 0 Å². The third kappa shape index (κ3) is 3.82. The molecule has 2 heterocycles. The number of aryl methyl sites for hydroxylation is 1. The van der Waals surface area contributed by atoms with E-state index in [1.54, 1.807) is 23.8 Å². The average molecular weight is 322 g/mol. The van der Waals surface area contributed by atoms with E-state index in [1.807, 2.05) is 53.6 Å². The Morgan fingerprint density at radius 3 is 2.50 bits per heavy atom. The number of rotatable bonds is 3. The van der Waals surface area contributed by atoms with Crippen molar-refractivity contribution in [1.82, 2.24) is 9.47 Å². The molecule has 1 aliphatic heterocycles. The predicted molar refractivity (Wildman–Crippen MR) is 95.7 cm³/mol. The van der Waals surface area contributed by atoms with Crippen molar-refractivity contribution in [2.24, 2.45) is 7.05 Å². The number of amides is 1. The van der Waals surface area contributed by atoms with Gasteiger partial charge in [0.2, 0.25) is 5.91 Å². The maximum Gasteiger partial charge on any atom is 0.250 e. The fraction of sp³-hybridized carbons (Fsp3) is 0.300. The molecule has 0 bridgehead atoms. The van der Waals surface area contributed by atoms with Crippen LogP contribution in [-0.2, 0) is 11.8 Å². The predicted octanol–water partition coefficient (Wildman–Crippen LogP) is 2.80. The Morgan fingerprint density at radius 1 is 1.12 bits per heavy atom. The molecular formula is C20H22N2O2. The van der Waals surface area contributed by atoms with Crippen molar-refractivity contribution in [3.63, 3.8) is 0 Å². The molecule has 3 rings (SSSR count). The Balaban J connectivity index is 1.58. The first-order valence-electron chi connectivity index (χ1n) is 8.32. The molecule has 4 heteroatoms. The maximum atomic E-state index is 12.3. The minimum absolute atomic E-state index is 0.0248. The molecule has 0 radical (unpaired) electrons. The van der Waals surface area contributed by atoms with Crippen LogP contribution in [0.2, 0.25) is 0 Å². The zero-order chi connectivity index (χ0) is 16.9. The SMILES string of the molecule is Cn1ccc(C2CCN(C(=O)/C=C/c3ccccc3)CC2)cc1=O. The summed E-state index contributed by atoms with van der Waals surface area (Å²) in [7, 11) is 1.76. The first-order chi connectivity index (χ1) is 11.6. The summed E-state index contributed by atoms with van der Waals surface area (Å²) < 4.78 is 1.58. The summed E-state index contributed by atoms with van der Waals surface area (Å²) >= 11 is 0. The summed E-state index contributed by atoms with van der Waals surface area (Å²) in [6.45, 7) is 1.47. The van der Waals surface area contributed by atoms with Crippen LogP contribution in [0.25, 0.3) is 6.08 Å². The van der Waals surface area contributed by atoms with Crippen LogP contribution in [0.5, 0.6) is 0 Å². The molecule has 2 aromatic rings. The maximum absolute atomic E-state index is 12.3. The van der Waals surface area contributed by atoms with Gasteiger partial charge in [0.25, 0.3) is 5.56 Å². The summed E-state index contributed by atoms with van der Waals surface area (Å²) in [6.07, 6.45) is 7.12. The lowest BCUT2D eigenvalue weighted by atomic mass is 9.90. The molecule has 1 fully saturated rings. The van der Waals surface area contributed by atoms with Crippen molar-refractivity contribution in [3.05, 3.63) is 76.2 Å². The number of aromatic nitrogens is 1. The molecule has 1 saturated heterocycles. The number of likely N-dealkylation sites (tertiary alicyclic amines) is 1. The standard InChI is InChI=1S/C20H22N2O2/c1-21-12-9-18(15-20(21)24)17-10-13-22(14-11-17)19(23)8-7-16-5-3-2-4-6-16/h2-9,12,15,17H,10-11,13-14H2,1H3/b8-7+. The van der Waals surface area contributed by atoms with E-state index in [-0.39, 0.29) is 11.5 Å². The minimum Gasteiger partial charge on any atom is -0.339 e. The number of benzene rings is 1. The van der Waals surface area contributed by atoms with Crippen molar-refractivity contribution in [3.8, 4) is 0 Å². The number of nitrogens with zero attached hydrogens (tertiary/aromatic N) is 2. The lowest BCUT2D eigenvalue weighted by Gasteiger charge is -2.31. The highest BCUT2D eigenvalue weighted by Crippen LogP contribution is 2.27. The van der Waals surface area contributed by atoms with Gasteiger partial charge in [-0.05, 0) is 42.0 Å². The number of hydrogen-bond donors (Lipinski definition) is 0. The normalized spacial score (nSPS) is 15.8. The number of carbonyl (C=O) groups is 1. The summed E-state index contributed by atoms with van der Waals surface area (Å²) in [5.41, 5.74) is 2.14. The van der Waals surface area contributed by atoms with E-state index in [4.69, 9.17) is 0 Å². The highest BCUT2D eigenvalue weighted by molar-refractivity contribution is 5.91. The lowest BCUT2D eigenvalue weighted by molar-refractivity contribution is -0.126. The topological polar surface area (TPSA) is 42.3 Å². The second-order valence-electron chi connectivity index (χ2n) is 6.25. The Morgan fingerprint density at radius 2 is 1.83 bits per heavy atom. The van der Waals surface area contributed by atoms with E-state index in [9.17, 15) is 9.59 Å². The van der Waals surface area contributed by atoms with Gasteiger partial charge in [0, 0.05) is 38.5 Å². The van der Waals surface area contributed by atoms with Crippen LogP contribution in [-0.4, -0.2) is 28.5 Å². The van der Waals surface area contributed by atoms with Crippen LogP contribution >= 0.6 is 0 Å². The molecule has 1 aliphatic rings. The largest absolute Gasteiger partial charge is 0.339 e. The van der Waals surface area contributed by atoms with Gasteiger partial charge in [-0.3, -0.25) is 9.59 Å². The van der Waals surface area contributed by atoms with Gasteiger partial charge in [0.05, 0.1) is 0 Å². The monoisotopic (exact) mass is 322 g/mol. The number of piperidine rings is 1. The van der Waals surface area contributed by atoms with Gasteiger partial charge in [-0.1, -0.05) is 30.3 Å². The molecule has 1 amide bonds. The number of hydrogen-bond acceptors (Lipinski definition) is 2. The van der Waals surface area contributed by atoms with Gasteiger partial charge in [-0.2, -0.15) is 0 Å².